The van der Waals surface area contributed by atoms with E-state index in [1.165, 1.54) is 12.1 Å². The van der Waals surface area contributed by atoms with Gasteiger partial charge >= 0.3 is 0 Å². The second-order valence-electron chi connectivity index (χ2n) is 4.66. The van der Waals surface area contributed by atoms with E-state index in [9.17, 15) is 13.6 Å². The zero-order valence-corrected chi connectivity index (χ0v) is 11.7. The zero-order chi connectivity index (χ0) is 15.7. The van der Waals surface area contributed by atoms with Crippen LogP contribution in [0.5, 0.6) is 0 Å². The molecule has 0 atom stereocenters. The molecule has 7 heteroatoms. The SMILES string of the molecule is CCn1nnc2cc(C(=O)Nc3c(F)cccc3F)ccc21. The minimum absolute atomic E-state index is 0.248. The molecule has 0 saturated heterocycles. The van der Waals surface area contributed by atoms with Gasteiger partial charge < -0.3 is 5.32 Å². The molecule has 0 unspecified atom stereocenters. The van der Waals surface area contributed by atoms with Crippen LogP contribution in [-0.4, -0.2) is 20.9 Å². The number of carbonyl (C=O) groups excluding carboxylic acids is 1. The number of hydrogen-bond acceptors (Lipinski definition) is 3. The summed E-state index contributed by atoms with van der Waals surface area (Å²) in [6.45, 7) is 2.58. The molecule has 1 amide bonds. The van der Waals surface area contributed by atoms with Gasteiger partial charge in [0.1, 0.15) is 22.8 Å². The van der Waals surface area contributed by atoms with Crippen molar-refractivity contribution < 1.29 is 13.6 Å². The Morgan fingerprint density at radius 3 is 2.64 bits per heavy atom. The Kier molecular flexibility index (Phi) is 3.54. The van der Waals surface area contributed by atoms with Gasteiger partial charge in [0.15, 0.2) is 0 Å². The number of nitrogens with one attached hydrogen (secondary N) is 1. The molecule has 2 aromatic carbocycles. The number of rotatable bonds is 3. The van der Waals surface area contributed by atoms with Crippen LogP contribution in [0.2, 0.25) is 0 Å². The first-order chi connectivity index (χ1) is 10.6. The van der Waals surface area contributed by atoms with Crippen molar-refractivity contribution in [2.24, 2.45) is 0 Å². The van der Waals surface area contributed by atoms with Crippen LogP contribution in [0.15, 0.2) is 36.4 Å². The van der Waals surface area contributed by atoms with E-state index in [0.717, 1.165) is 17.6 Å². The van der Waals surface area contributed by atoms with Gasteiger partial charge in [-0.2, -0.15) is 0 Å². The van der Waals surface area contributed by atoms with Gasteiger partial charge in [-0.15, -0.1) is 5.10 Å². The number of anilines is 1. The standard InChI is InChI=1S/C15H12F2N4O/c1-2-21-13-7-6-9(8-12(13)19-20-21)15(22)18-14-10(16)4-3-5-11(14)17/h3-8H,2H2,1H3,(H,18,22). The third kappa shape index (κ3) is 2.41. The highest BCUT2D eigenvalue weighted by molar-refractivity contribution is 6.06. The largest absolute Gasteiger partial charge is 0.317 e. The lowest BCUT2D eigenvalue weighted by atomic mass is 10.1. The van der Waals surface area contributed by atoms with Gasteiger partial charge in [-0.3, -0.25) is 4.79 Å². The van der Waals surface area contributed by atoms with Crippen molar-refractivity contribution in [3.63, 3.8) is 0 Å². The Labute approximate surface area is 124 Å². The topological polar surface area (TPSA) is 59.8 Å². The molecule has 1 heterocycles. The molecule has 0 spiro atoms. The van der Waals surface area contributed by atoms with Gasteiger partial charge in [-0.25, -0.2) is 13.5 Å². The van der Waals surface area contributed by atoms with Gasteiger partial charge in [0.05, 0.1) is 5.52 Å². The molecule has 22 heavy (non-hydrogen) atoms. The summed E-state index contributed by atoms with van der Waals surface area (Å²) in [4.78, 5) is 12.1. The number of hydrogen-bond donors (Lipinski definition) is 1. The van der Waals surface area contributed by atoms with Crippen LogP contribution in [0.3, 0.4) is 0 Å². The van der Waals surface area contributed by atoms with Crippen molar-refractivity contribution in [1.82, 2.24) is 15.0 Å². The predicted octanol–water partition coefficient (Wildman–Crippen LogP) is 2.98. The van der Waals surface area contributed by atoms with E-state index in [2.05, 4.69) is 15.6 Å². The number of para-hydroxylation sites is 1. The lowest BCUT2D eigenvalue weighted by Gasteiger charge is -2.07. The zero-order valence-electron chi connectivity index (χ0n) is 11.7. The van der Waals surface area contributed by atoms with Crippen LogP contribution in [0, 0.1) is 11.6 Å². The lowest BCUT2D eigenvalue weighted by molar-refractivity contribution is 0.102. The molecule has 112 valence electrons. The summed E-state index contributed by atoms with van der Waals surface area (Å²) in [5.41, 5.74) is 1.11. The van der Waals surface area contributed by atoms with E-state index in [1.54, 1.807) is 16.8 Å². The molecule has 0 fully saturated rings. The van der Waals surface area contributed by atoms with Crippen molar-refractivity contribution in [3.05, 3.63) is 53.6 Å². The van der Waals surface area contributed by atoms with Crippen LogP contribution in [-0.2, 0) is 6.54 Å². The van der Waals surface area contributed by atoms with Crippen molar-refractivity contribution in [3.8, 4) is 0 Å². The molecule has 0 aliphatic carbocycles. The summed E-state index contributed by atoms with van der Waals surface area (Å²) in [6, 6.07) is 8.18. The maximum absolute atomic E-state index is 13.5. The molecule has 5 nitrogen and oxygen atoms in total. The normalized spacial score (nSPS) is 10.9. The number of halogens is 2. The van der Waals surface area contributed by atoms with E-state index in [4.69, 9.17) is 0 Å². The first kappa shape index (κ1) is 14.1. The Bertz CT molecular complexity index is 840. The molecular formula is C15H12F2N4O. The number of amides is 1. The summed E-state index contributed by atoms with van der Waals surface area (Å²) in [7, 11) is 0. The molecule has 0 radical (unpaired) electrons. The third-order valence-corrected chi connectivity index (χ3v) is 3.28. The average molecular weight is 302 g/mol. The van der Waals surface area contributed by atoms with Gasteiger partial charge in [0, 0.05) is 12.1 Å². The van der Waals surface area contributed by atoms with Crippen molar-refractivity contribution >= 4 is 22.6 Å². The van der Waals surface area contributed by atoms with E-state index >= 15 is 0 Å². The van der Waals surface area contributed by atoms with Crippen LogP contribution in [0.1, 0.15) is 17.3 Å². The fourth-order valence-corrected chi connectivity index (χ4v) is 2.15. The van der Waals surface area contributed by atoms with Gasteiger partial charge in [-0.05, 0) is 37.3 Å². The van der Waals surface area contributed by atoms with Crippen LogP contribution >= 0.6 is 0 Å². The molecule has 1 N–H and O–H groups in total. The monoisotopic (exact) mass is 302 g/mol. The van der Waals surface area contributed by atoms with Crippen LogP contribution in [0.4, 0.5) is 14.5 Å². The van der Waals surface area contributed by atoms with Crippen molar-refractivity contribution in [2.75, 3.05) is 5.32 Å². The minimum Gasteiger partial charge on any atom is -0.317 e. The predicted molar refractivity (Wildman–Crippen MR) is 77.5 cm³/mol. The smallest absolute Gasteiger partial charge is 0.255 e. The molecule has 1 aromatic heterocycles. The Morgan fingerprint density at radius 1 is 1.23 bits per heavy atom. The maximum atomic E-state index is 13.5. The van der Waals surface area contributed by atoms with Crippen molar-refractivity contribution in [2.45, 2.75) is 13.5 Å². The summed E-state index contributed by atoms with van der Waals surface area (Å²) < 4.78 is 28.8. The van der Waals surface area contributed by atoms with E-state index in [-0.39, 0.29) is 5.56 Å². The van der Waals surface area contributed by atoms with Crippen LogP contribution < -0.4 is 5.32 Å². The quantitative estimate of drug-likeness (QED) is 0.809. The van der Waals surface area contributed by atoms with E-state index in [0.29, 0.717) is 12.1 Å². The summed E-state index contributed by atoms with van der Waals surface area (Å²) >= 11 is 0. The van der Waals surface area contributed by atoms with Gasteiger partial charge in [0.2, 0.25) is 0 Å². The van der Waals surface area contributed by atoms with Crippen molar-refractivity contribution in [1.29, 1.82) is 0 Å². The van der Waals surface area contributed by atoms with Crippen LogP contribution in [0.25, 0.3) is 11.0 Å². The first-order valence-corrected chi connectivity index (χ1v) is 6.68. The molecular weight excluding hydrogens is 290 g/mol. The lowest BCUT2D eigenvalue weighted by Crippen LogP contribution is -2.14. The summed E-state index contributed by atoms with van der Waals surface area (Å²) in [5, 5.41) is 10.1. The molecule has 3 aromatic rings. The molecule has 3 rings (SSSR count). The number of carbonyl (C=O) groups is 1. The number of fused-ring (bicyclic) bond motifs is 1. The number of aromatic nitrogens is 3. The Balaban J connectivity index is 1.92. The fourth-order valence-electron chi connectivity index (χ4n) is 2.15. The minimum atomic E-state index is -0.827. The second-order valence-corrected chi connectivity index (χ2v) is 4.66. The summed E-state index contributed by atoms with van der Waals surface area (Å²) in [5.74, 6) is -2.27. The highest BCUT2D eigenvalue weighted by Crippen LogP contribution is 2.20. The second kappa shape index (κ2) is 5.51. The molecule has 0 aliphatic rings. The Hall–Kier alpha value is -2.83. The fraction of sp³-hybridized carbons (Fsp3) is 0.133. The molecule has 0 aliphatic heterocycles. The average Bonchev–Trinajstić information content (AvgIpc) is 2.93. The van der Waals surface area contributed by atoms with E-state index < -0.39 is 23.2 Å². The van der Waals surface area contributed by atoms with E-state index in [1.807, 2.05) is 6.92 Å². The molecule has 0 saturated carbocycles. The molecule has 0 bridgehead atoms. The first-order valence-electron chi connectivity index (χ1n) is 6.68. The van der Waals surface area contributed by atoms with Gasteiger partial charge in [0.25, 0.3) is 5.91 Å². The number of benzene rings is 2. The Morgan fingerprint density at radius 2 is 1.95 bits per heavy atom. The highest BCUT2D eigenvalue weighted by Gasteiger charge is 2.14. The van der Waals surface area contributed by atoms with Gasteiger partial charge in [-0.1, -0.05) is 11.3 Å². The third-order valence-electron chi connectivity index (χ3n) is 3.28. The number of aryl methyl sites for hydroxylation is 1. The highest BCUT2D eigenvalue weighted by atomic mass is 19.1. The summed E-state index contributed by atoms with van der Waals surface area (Å²) in [6.07, 6.45) is 0. The number of nitrogens with zero attached hydrogens (tertiary/aromatic N) is 3. The maximum Gasteiger partial charge on any atom is 0.255 e.